The summed E-state index contributed by atoms with van der Waals surface area (Å²) in [7, 11) is 0. The Balaban J connectivity index is 1.64. The molecular formula is C14H19N. The predicted molar refractivity (Wildman–Crippen MR) is 64.3 cm³/mol. The predicted octanol–water partition coefficient (Wildman–Crippen LogP) is 3.39. The van der Waals surface area contributed by atoms with E-state index < -0.39 is 0 Å². The van der Waals surface area contributed by atoms with Crippen LogP contribution in [0.4, 0.5) is 5.69 Å². The van der Waals surface area contributed by atoms with Crippen LogP contribution in [0.3, 0.4) is 0 Å². The lowest BCUT2D eigenvalue weighted by molar-refractivity contribution is 0.333. The first-order valence-corrected chi connectivity index (χ1v) is 6.27. The molecule has 1 aromatic carbocycles. The van der Waals surface area contributed by atoms with E-state index in [1.165, 1.54) is 50.8 Å². The van der Waals surface area contributed by atoms with Crippen molar-refractivity contribution in [1.82, 2.24) is 0 Å². The van der Waals surface area contributed by atoms with Gasteiger partial charge >= 0.3 is 0 Å². The zero-order valence-corrected chi connectivity index (χ0v) is 9.26. The second kappa shape index (κ2) is 3.88. The summed E-state index contributed by atoms with van der Waals surface area (Å²) >= 11 is 0. The topological polar surface area (TPSA) is 12.0 Å². The van der Waals surface area contributed by atoms with Gasteiger partial charge in [-0.2, -0.15) is 0 Å². The Hall–Kier alpha value is -0.980. The minimum Gasteiger partial charge on any atom is -0.385 e. The van der Waals surface area contributed by atoms with E-state index in [9.17, 15) is 0 Å². The second-order valence-corrected chi connectivity index (χ2v) is 5.01. The standard InChI is InChI=1S/C14H19N/c1-3-11(4-1)10-15-14-8-7-12-5-2-6-13(12)9-14/h7-9,11,15H,1-6,10H2. The summed E-state index contributed by atoms with van der Waals surface area (Å²) in [5.74, 6) is 0.943. The van der Waals surface area contributed by atoms with Gasteiger partial charge in [-0.05, 0) is 61.3 Å². The van der Waals surface area contributed by atoms with Crippen LogP contribution in [0.15, 0.2) is 18.2 Å². The van der Waals surface area contributed by atoms with Crippen molar-refractivity contribution >= 4 is 5.69 Å². The third kappa shape index (κ3) is 1.88. The van der Waals surface area contributed by atoms with E-state index in [1.54, 1.807) is 11.1 Å². The Bertz CT molecular complexity index is 352. The molecule has 0 unspecified atom stereocenters. The molecule has 0 spiro atoms. The Labute approximate surface area is 91.9 Å². The highest BCUT2D eigenvalue weighted by Crippen LogP contribution is 2.28. The molecule has 1 aromatic rings. The maximum atomic E-state index is 3.58. The molecule has 1 N–H and O–H groups in total. The maximum Gasteiger partial charge on any atom is 0.0343 e. The van der Waals surface area contributed by atoms with Gasteiger partial charge in [0, 0.05) is 12.2 Å². The Morgan fingerprint density at radius 3 is 2.73 bits per heavy atom. The molecule has 2 aliphatic carbocycles. The van der Waals surface area contributed by atoms with Crippen LogP contribution in [0.5, 0.6) is 0 Å². The third-order valence-electron chi connectivity index (χ3n) is 3.92. The van der Waals surface area contributed by atoms with Crippen LogP contribution in [0.1, 0.15) is 36.8 Å². The van der Waals surface area contributed by atoms with Gasteiger partial charge in [0.2, 0.25) is 0 Å². The first-order valence-electron chi connectivity index (χ1n) is 6.27. The van der Waals surface area contributed by atoms with Crippen molar-refractivity contribution in [2.24, 2.45) is 5.92 Å². The SMILES string of the molecule is c1cc2c(cc1NCC1CCC1)CCC2. The van der Waals surface area contributed by atoms with Gasteiger partial charge in [0.25, 0.3) is 0 Å². The molecule has 1 heteroatoms. The maximum absolute atomic E-state index is 3.58. The lowest BCUT2D eigenvalue weighted by Crippen LogP contribution is -2.20. The van der Waals surface area contributed by atoms with E-state index in [1.807, 2.05) is 0 Å². The smallest absolute Gasteiger partial charge is 0.0343 e. The molecule has 80 valence electrons. The summed E-state index contributed by atoms with van der Waals surface area (Å²) < 4.78 is 0. The molecule has 15 heavy (non-hydrogen) atoms. The summed E-state index contributed by atoms with van der Waals surface area (Å²) in [6.07, 6.45) is 8.22. The van der Waals surface area contributed by atoms with Gasteiger partial charge in [0.05, 0.1) is 0 Å². The summed E-state index contributed by atoms with van der Waals surface area (Å²) in [6, 6.07) is 6.93. The fourth-order valence-electron chi connectivity index (χ4n) is 2.64. The summed E-state index contributed by atoms with van der Waals surface area (Å²) in [4.78, 5) is 0. The molecule has 0 heterocycles. The quantitative estimate of drug-likeness (QED) is 0.790. The molecule has 1 saturated carbocycles. The van der Waals surface area contributed by atoms with Gasteiger partial charge in [0.1, 0.15) is 0 Å². The average molecular weight is 201 g/mol. The van der Waals surface area contributed by atoms with Gasteiger partial charge in [-0.15, -0.1) is 0 Å². The van der Waals surface area contributed by atoms with E-state index >= 15 is 0 Å². The molecule has 0 radical (unpaired) electrons. The first-order chi connectivity index (χ1) is 7.42. The van der Waals surface area contributed by atoms with Crippen LogP contribution in [0.2, 0.25) is 0 Å². The Kier molecular flexibility index (Phi) is 2.40. The lowest BCUT2D eigenvalue weighted by atomic mass is 9.85. The number of aryl methyl sites for hydroxylation is 2. The van der Waals surface area contributed by atoms with Crippen LogP contribution in [0, 0.1) is 5.92 Å². The second-order valence-electron chi connectivity index (χ2n) is 5.01. The number of hydrogen-bond donors (Lipinski definition) is 1. The lowest BCUT2D eigenvalue weighted by Gasteiger charge is -2.26. The van der Waals surface area contributed by atoms with Crippen molar-refractivity contribution in [2.75, 3.05) is 11.9 Å². The molecule has 3 rings (SSSR count). The third-order valence-corrected chi connectivity index (χ3v) is 3.92. The molecule has 1 fully saturated rings. The van der Waals surface area contributed by atoms with Crippen molar-refractivity contribution in [2.45, 2.75) is 38.5 Å². The number of benzene rings is 1. The van der Waals surface area contributed by atoms with Crippen LogP contribution in [0.25, 0.3) is 0 Å². The van der Waals surface area contributed by atoms with E-state index in [4.69, 9.17) is 0 Å². The van der Waals surface area contributed by atoms with Gasteiger partial charge in [-0.3, -0.25) is 0 Å². The van der Waals surface area contributed by atoms with Gasteiger partial charge < -0.3 is 5.32 Å². The zero-order valence-electron chi connectivity index (χ0n) is 9.26. The highest BCUT2D eigenvalue weighted by atomic mass is 14.9. The molecule has 0 aromatic heterocycles. The first kappa shape index (κ1) is 9.26. The van der Waals surface area contributed by atoms with Gasteiger partial charge in [-0.25, -0.2) is 0 Å². The fourth-order valence-corrected chi connectivity index (χ4v) is 2.64. The van der Waals surface area contributed by atoms with Crippen LogP contribution < -0.4 is 5.32 Å². The van der Waals surface area contributed by atoms with Crippen molar-refractivity contribution in [3.63, 3.8) is 0 Å². The number of nitrogens with one attached hydrogen (secondary N) is 1. The van der Waals surface area contributed by atoms with E-state index in [2.05, 4.69) is 23.5 Å². The van der Waals surface area contributed by atoms with Gasteiger partial charge in [0.15, 0.2) is 0 Å². The number of anilines is 1. The number of rotatable bonds is 3. The number of fused-ring (bicyclic) bond motifs is 1. The minimum absolute atomic E-state index is 0.943. The molecule has 1 nitrogen and oxygen atoms in total. The molecular weight excluding hydrogens is 182 g/mol. The highest BCUT2D eigenvalue weighted by Gasteiger charge is 2.17. The monoisotopic (exact) mass is 201 g/mol. The molecule has 2 aliphatic rings. The molecule has 0 saturated heterocycles. The van der Waals surface area contributed by atoms with Crippen molar-refractivity contribution in [3.8, 4) is 0 Å². The van der Waals surface area contributed by atoms with Crippen molar-refractivity contribution in [3.05, 3.63) is 29.3 Å². The van der Waals surface area contributed by atoms with Crippen LogP contribution >= 0.6 is 0 Å². The molecule has 0 amide bonds. The van der Waals surface area contributed by atoms with Crippen molar-refractivity contribution in [1.29, 1.82) is 0 Å². The summed E-state index contributed by atoms with van der Waals surface area (Å²) in [5, 5.41) is 3.58. The van der Waals surface area contributed by atoms with Crippen molar-refractivity contribution < 1.29 is 0 Å². The van der Waals surface area contributed by atoms with Gasteiger partial charge in [-0.1, -0.05) is 12.5 Å². The normalized spacial score (nSPS) is 19.7. The highest BCUT2D eigenvalue weighted by molar-refractivity contribution is 5.50. The molecule has 0 atom stereocenters. The summed E-state index contributed by atoms with van der Waals surface area (Å²) in [5.41, 5.74) is 4.49. The zero-order chi connectivity index (χ0) is 10.1. The average Bonchev–Trinajstić information content (AvgIpc) is 2.62. The fraction of sp³-hybridized carbons (Fsp3) is 0.571. The van der Waals surface area contributed by atoms with E-state index in [-0.39, 0.29) is 0 Å². The minimum atomic E-state index is 0.943. The Morgan fingerprint density at radius 2 is 1.93 bits per heavy atom. The summed E-state index contributed by atoms with van der Waals surface area (Å²) in [6.45, 7) is 1.18. The Morgan fingerprint density at radius 1 is 1.07 bits per heavy atom. The molecule has 0 aliphatic heterocycles. The largest absolute Gasteiger partial charge is 0.385 e. The van der Waals surface area contributed by atoms with E-state index in [0.29, 0.717) is 0 Å². The van der Waals surface area contributed by atoms with Crippen LogP contribution in [-0.4, -0.2) is 6.54 Å². The molecule has 0 bridgehead atoms. The van der Waals surface area contributed by atoms with E-state index in [0.717, 1.165) is 5.92 Å². The van der Waals surface area contributed by atoms with Crippen LogP contribution in [-0.2, 0) is 12.8 Å². The number of hydrogen-bond acceptors (Lipinski definition) is 1.